The summed E-state index contributed by atoms with van der Waals surface area (Å²) >= 11 is 1.46. The van der Waals surface area contributed by atoms with Crippen LogP contribution in [0.25, 0.3) is 21.5 Å². The molecule has 4 aromatic heterocycles. The smallest absolute Gasteiger partial charge is 0.169 e. The fraction of sp³-hybridized carbons (Fsp3) is 0.238. The molecule has 1 aliphatic heterocycles. The van der Waals surface area contributed by atoms with E-state index in [0.29, 0.717) is 24.5 Å². The van der Waals surface area contributed by atoms with Gasteiger partial charge in [0.2, 0.25) is 0 Å². The molecule has 0 atom stereocenters. The van der Waals surface area contributed by atoms with E-state index in [0.717, 1.165) is 40.4 Å². The molecule has 5 rings (SSSR count). The van der Waals surface area contributed by atoms with Gasteiger partial charge in [-0.05, 0) is 24.3 Å². The minimum absolute atomic E-state index is 0.00648. The molecule has 30 heavy (non-hydrogen) atoms. The van der Waals surface area contributed by atoms with Gasteiger partial charge in [0.05, 0.1) is 31.3 Å². The number of carbonyl (C=O) groups is 1. The summed E-state index contributed by atoms with van der Waals surface area (Å²) in [5.41, 5.74) is 4.70. The molecule has 0 bridgehead atoms. The molecule has 1 aliphatic rings. The minimum atomic E-state index is 0.00648. The Balaban J connectivity index is 1.37. The third-order valence-corrected chi connectivity index (χ3v) is 5.72. The van der Waals surface area contributed by atoms with Crippen LogP contribution in [0.4, 0.5) is 5.82 Å². The molecule has 0 aliphatic carbocycles. The predicted molar refractivity (Wildman–Crippen MR) is 114 cm³/mol. The van der Waals surface area contributed by atoms with E-state index in [1.165, 1.54) is 11.3 Å². The fourth-order valence-corrected chi connectivity index (χ4v) is 3.95. The van der Waals surface area contributed by atoms with Gasteiger partial charge in [-0.15, -0.1) is 10.2 Å². The zero-order chi connectivity index (χ0) is 20.3. The van der Waals surface area contributed by atoms with Crippen LogP contribution >= 0.6 is 11.3 Å². The topological polar surface area (TPSA) is 94.0 Å². The molecule has 0 amide bonds. The SMILES string of the molecule is O=C(Cc1cc2cc(-c3nncs3)cnc2cn1)c1ccnc(N2CCOCC2)c1. The number of Topliss-reactive ketones (excluding diaryl/α,β-unsaturated/α-hetero) is 1. The van der Waals surface area contributed by atoms with Crippen LogP contribution in [-0.4, -0.2) is 57.2 Å². The monoisotopic (exact) mass is 418 g/mol. The number of carbonyl (C=O) groups excluding carboxylic acids is 1. The van der Waals surface area contributed by atoms with Crippen LogP contribution in [0, 0.1) is 0 Å². The summed E-state index contributed by atoms with van der Waals surface area (Å²) in [7, 11) is 0. The van der Waals surface area contributed by atoms with E-state index in [2.05, 4.69) is 30.0 Å². The summed E-state index contributed by atoms with van der Waals surface area (Å²) in [6, 6.07) is 7.52. The van der Waals surface area contributed by atoms with E-state index >= 15 is 0 Å². The van der Waals surface area contributed by atoms with Gasteiger partial charge in [0, 0.05) is 47.7 Å². The Morgan fingerprint density at radius 3 is 2.83 bits per heavy atom. The molecule has 0 aromatic carbocycles. The van der Waals surface area contributed by atoms with Crippen molar-refractivity contribution in [3.63, 3.8) is 0 Å². The van der Waals surface area contributed by atoms with Gasteiger partial charge in [0.25, 0.3) is 0 Å². The van der Waals surface area contributed by atoms with Crippen LogP contribution in [0.1, 0.15) is 16.1 Å². The van der Waals surface area contributed by atoms with E-state index in [4.69, 9.17) is 4.74 Å². The molecule has 5 heterocycles. The maximum absolute atomic E-state index is 12.9. The quantitative estimate of drug-likeness (QED) is 0.457. The van der Waals surface area contributed by atoms with Crippen molar-refractivity contribution in [2.75, 3.05) is 31.2 Å². The van der Waals surface area contributed by atoms with Gasteiger partial charge >= 0.3 is 0 Å². The Morgan fingerprint density at radius 2 is 2.00 bits per heavy atom. The second-order valence-corrected chi connectivity index (χ2v) is 7.77. The molecule has 0 saturated carbocycles. The number of nitrogens with zero attached hydrogens (tertiary/aromatic N) is 6. The number of fused-ring (bicyclic) bond motifs is 1. The highest BCUT2D eigenvalue weighted by Gasteiger charge is 2.15. The molecular formula is C21H18N6O2S. The zero-order valence-corrected chi connectivity index (χ0v) is 16.9. The van der Waals surface area contributed by atoms with Gasteiger partial charge in [-0.2, -0.15) is 0 Å². The van der Waals surface area contributed by atoms with Crippen molar-refractivity contribution in [2.24, 2.45) is 0 Å². The molecule has 150 valence electrons. The van der Waals surface area contributed by atoms with E-state index in [1.807, 2.05) is 18.2 Å². The molecule has 8 nitrogen and oxygen atoms in total. The fourth-order valence-electron chi connectivity index (χ4n) is 3.41. The lowest BCUT2D eigenvalue weighted by Crippen LogP contribution is -2.36. The molecular weight excluding hydrogens is 400 g/mol. The summed E-state index contributed by atoms with van der Waals surface area (Å²) in [4.78, 5) is 28.3. The van der Waals surface area contributed by atoms with Gasteiger partial charge in [-0.3, -0.25) is 14.8 Å². The molecule has 4 aromatic rings. The first-order valence-corrected chi connectivity index (χ1v) is 10.5. The van der Waals surface area contributed by atoms with E-state index in [-0.39, 0.29) is 12.2 Å². The lowest BCUT2D eigenvalue weighted by Gasteiger charge is -2.27. The lowest BCUT2D eigenvalue weighted by atomic mass is 10.1. The van der Waals surface area contributed by atoms with Crippen molar-refractivity contribution in [1.82, 2.24) is 25.1 Å². The highest BCUT2D eigenvalue weighted by molar-refractivity contribution is 7.12. The minimum Gasteiger partial charge on any atom is -0.378 e. The Hall–Kier alpha value is -3.30. The molecule has 0 spiro atoms. The average molecular weight is 418 g/mol. The van der Waals surface area contributed by atoms with Crippen LogP contribution in [0.5, 0.6) is 0 Å². The van der Waals surface area contributed by atoms with Gasteiger partial charge in [0.15, 0.2) is 5.78 Å². The third kappa shape index (κ3) is 3.89. The van der Waals surface area contributed by atoms with E-state index in [9.17, 15) is 4.79 Å². The first-order valence-electron chi connectivity index (χ1n) is 9.59. The van der Waals surface area contributed by atoms with Crippen LogP contribution in [0.3, 0.4) is 0 Å². The number of hydrogen-bond acceptors (Lipinski definition) is 9. The summed E-state index contributed by atoms with van der Waals surface area (Å²) in [6.45, 7) is 2.91. The third-order valence-electron chi connectivity index (χ3n) is 4.98. The summed E-state index contributed by atoms with van der Waals surface area (Å²) in [6.07, 6.45) is 5.36. The standard InChI is InChI=1S/C21H18N6O2S/c28-19(14-1-2-22-20(9-14)27-3-5-29-6-4-27)10-17-8-15-7-16(21-26-25-13-30-21)11-24-18(15)12-23-17/h1-2,7-9,11-13H,3-6,10H2. The Kier molecular flexibility index (Phi) is 5.12. The van der Waals surface area contributed by atoms with Gasteiger partial charge in [-0.1, -0.05) is 11.3 Å². The number of rotatable bonds is 5. The zero-order valence-electron chi connectivity index (χ0n) is 16.1. The van der Waals surface area contributed by atoms with E-state index < -0.39 is 0 Å². The summed E-state index contributed by atoms with van der Waals surface area (Å²) in [5, 5.41) is 9.70. The molecule has 1 fully saturated rings. The largest absolute Gasteiger partial charge is 0.378 e. The van der Waals surface area contributed by atoms with Crippen LogP contribution in [0.15, 0.2) is 48.4 Å². The molecule has 1 saturated heterocycles. The lowest BCUT2D eigenvalue weighted by molar-refractivity contribution is 0.0992. The van der Waals surface area contributed by atoms with Crippen LogP contribution in [-0.2, 0) is 11.2 Å². The number of ether oxygens (including phenoxy) is 1. The second-order valence-electron chi connectivity index (χ2n) is 6.94. The number of morpholine rings is 1. The van der Waals surface area contributed by atoms with Crippen molar-refractivity contribution >= 4 is 33.8 Å². The van der Waals surface area contributed by atoms with Crippen LogP contribution < -0.4 is 4.90 Å². The summed E-state index contributed by atoms with van der Waals surface area (Å²) < 4.78 is 5.39. The Labute approximate surface area is 176 Å². The molecule has 0 unspecified atom stereocenters. The highest BCUT2D eigenvalue weighted by Crippen LogP contribution is 2.24. The number of hydrogen-bond donors (Lipinski definition) is 0. The van der Waals surface area contributed by atoms with Crippen molar-refractivity contribution in [2.45, 2.75) is 6.42 Å². The molecule has 0 radical (unpaired) electrons. The van der Waals surface area contributed by atoms with Gasteiger partial charge < -0.3 is 9.64 Å². The van der Waals surface area contributed by atoms with E-state index in [1.54, 1.807) is 30.2 Å². The van der Waals surface area contributed by atoms with Crippen molar-refractivity contribution < 1.29 is 9.53 Å². The number of anilines is 1. The maximum Gasteiger partial charge on any atom is 0.169 e. The first kappa shape index (κ1) is 18.7. The Morgan fingerprint density at radius 1 is 1.10 bits per heavy atom. The second kappa shape index (κ2) is 8.21. The number of aromatic nitrogens is 5. The molecule has 9 heteroatoms. The summed E-state index contributed by atoms with van der Waals surface area (Å²) in [5.74, 6) is 0.813. The normalized spacial score (nSPS) is 14.2. The van der Waals surface area contributed by atoms with Crippen molar-refractivity contribution in [3.05, 3.63) is 59.6 Å². The Bertz CT molecular complexity index is 1190. The number of pyridine rings is 3. The molecule has 0 N–H and O–H groups in total. The van der Waals surface area contributed by atoms with Crippen molar-refractivity contribution in [3.8, 4) is 10.6 Å². The van der Waals surface area contributed by atoms with Crippen molar-refractivity contribution in [1.29, 1.82) is 0 Å². The van der Waals surface area contributed by atoms with Gasteiger partial charge in [-0.25, -0.2) is 4.98 Å². The first-order chi connectivity index (χ1) is 14.8. The predicted octanol–water partition coefficient (Wildman–Crippen LogP) is 2.81. The number of ketones is 1. The average Bonchev–Trinajstić information content (AvgIpc) is 3.34. The maximum atomic E-state index is 12.9. The van der Waals surface area contributed by atoms with Crippen LogP contribution in [0.2, 0.25) is 0 Å². The highest BCUT2D eigenvalue weighted by atomic mass is 32.1. The van der Waals surface area contributed by atoms with Gasteiger partial charge in [0.1, 0.15) is 16.3 Å².